The smallest absolute Gasteiger partial charge is 0.308 e. The van der Waals surface area contributed by atoms with E-state index in [0.29, 0.717) is 6.42 Å². The number of hydrogen-bond acceptors (Lipinski definition) is 6. The molecule has 0 saturated heterocycles. The molecule has 0 bridgehead atoms. The van der Waals surface area contributed by atoms with Gasteiger partial charge >= 0.3 is 5.97 Å². The van der Waals surface area contributed by atoms with Gasteiger partial charge in [0, 0.05) is 13.5 Å². The van der Waals surface area contributed by atoms with Crippen molar-refractivity contribution in [1.29, 1.82) is 0 Å². The van der Waals surface area contributed by atoms with Crippen LogP contribution in [0.4, 0.5) is 0 Å². The van der Waals surface area contributed by atoms with Gasteiger partial charge in [0.1, 0.15) is 11.9 Å². The summed E-state index contributed by atoms with van der Waals surface area (Å²) in [5.74, 6) is 0.828. The van der Waals surface area contributed by atoms with E-state index in [1.165, 1.54) is 18.7 Å². The molecule has 0 amide bonds. The summed E-state index contributed by atoms with van der Waals surface area (Å²) in [7, 11) is 1.61. The van der Waals surface area contributed by atoms with E-state index in [2.05, 4.69) is 6.92 Å². The van der Waals surface area contributed by atoms with Crippen molar-refractivity contribution in [3.8, 4) is 0 Å². The number of thioether (sulfide) groups is 1. The van der Waals surface area contributed by atoms with Gasteiger partial charge in [0.15, 0.2) is 0 Å². The van der Waals surface area contributed by atoms with Crippen LogP contribution in [0, 0.1) is 0 Å². The van der Waals surface area contributed by atoms with Gasteiger partial charge in [0.05, 0.1) is 18.5 Å². The first-order valence-corrected chi connectivity index (χ1v) is 10.1. The number of ketones is 1. The molecular weight excluding hydrogens is 328 g/mol. The molecule has 6 heteroatoms. The van der Waals surface area contributed by atoms with Crippen LogP contribution in [0.2, 0.25) is 0 Å². The summed E-state index contributed by atoms with van der Waals surface area (Å²) in [6.45, 7) is 3.65. The lowest BCUT2D eigenvalue weighted by Crippen LogP contribution is -2.25. The number of methoxy groups -OCH3 is 1. The molecule has 0 aliphatic rings. The first-order chi connectivity index (χ1) is 11.5. The molecule has 0 rings (SSSR count). The van der Waals surface area contributed by atoms with Gasteiger partial charge in [-0.3, -0.25) is 9.59 Å². The average Bonchev–Trinajstić information content (AvgIpc) is 2.53. The first-order valence-electron chi connectivity index (χ1n) is 8.93. The topological polar surface area (TPSA) is 72.8 Å². The Hall–Kier alpha value is -0.590. The highest BCUT2D eigenvalue weighted by molar-refractivity contribution is 7.99. The number of unbranched alkanes of at least 4 members (excludes halogenated alkanes) is 3. The van der Waals surface area contributed by atoms with Gasteiger partial charge in [0.25, 0.3) is 0 Å². The molecule has 142 valence electrons. The normalized spacial score (nSPS) is 13.5. The van der Waals surface area contributed by atoms with Gasteiger partial charge in [-0.25, -0.2) is 0 Å². The fourth-order valence-electron chi connectivity index (χ4n) is 2.51. The summed E-state index contributed by atoms with van der Waals surface area (Å²) >= 11 is 1.50. The highest BCUT2D eigenvalue weighted by Gasteiger charge is 2.19. The Morgan fingerprint density at radius 2 is 1.71 bits per heavy atom. The summed E-state index contributed by atoms with van der Waals surface area (Å²) in [5.41, 5.74) is 0. The van der Waals surface area contributed by atoms with Crippen LogP contribution in [-0.2, 0) is 19.1 Å². The van der Waals surface area contributed by atoms with E-state index in [1.807, 2.05) is 0 Å². The zero-order valence-corrected chi connectivity index (χ0v) is 16.2. The summed E-state index contributed by atoms with van der Waals surface area (Å²) in [6, 6.07) is 0. The Morgan fingerprint density at radius 1 is 1.04 bits per heavy atom. The molecule has 0 heterocycles. The van der Waals surface area contributed by atoms with Gasteiger partial charge < -0.3 is 14.6 Å². The molecule has 0 aromatic carbocycles. The molecule has 1 N–H and O–H groups in total. The van der Waals surface area contributed by atoms with Crippen LogP contribution in [0.3, 0.4) is 0 Å². The van der Waals surface area contributed by atoms with E-state index in [0.717, 1.165) is 50.7 Å². The highest BCUT2D eigenvalue weighted by Crippen LogP contribution is 2.15. The number of aliphatic hydroxyl groups is 1. The Morgan fingerprint density at radius 3 is 2.29 bits per heavy atom. The third-order valence-corrected chi connectivity index (χ3v) is 4.59. The SMILES string of the molecule is CCCCCC(CC(C)=O)OC(=O)CC(CCCCSCO)OC. The van der Waals surface area contributed by atoms with Gasteiger partial charge in [-0.15, -0.1) is 11.8 Å². The standard InChI is InChI=1S/C18H34O5S/c1-4-5-6-10-17(12-15(2)20)23-18(21)13-16(22-3)9-7-8-11-24-14-19/h16-17,19H,4-14H2,1-3H3. The van der Waals surface area contributed by atoms with Crippen LogP contribution in [0.15, 0.2) is 0 Å². The first kappa shape index (κ1) is 23.4. The second-order valence-electron chi connectivity index (χ2n) is 6.11. The fraction of sp³-hybridized carbons (Fsp3) is 0.889. The Kier molecular flexibility index (Phi) is 15.5. The van der Waals surface area contributed by atoms with E-state index in [-0.39, 0.29) is 36.3 Å². The molecule has 0 aliphatic heterocycles. The molecular formula is C18H34O5S. The molecule has 5 nitrogen and oxygen atoms in total. The zero-order valence-electron chi connectivity index (χ0n) is 15.4. The van der Waals surface area contributed by atoms with Crippen molar-refractivity contribution in [2.24, 2.45) is 0 Å². The molecule has 0 spiro atoms. The van der Waals surface area contributed by atoms with E-state index in [1.54, 1.807) is 7.11 Å². The lowest BCUT2D eigenvalue weighted by molar-refractivity contribution is -0.153. The maximum Gasteiger partial charge on any atom is 0.308 e. The molecule has 0 aliphatic carbocycles. The maximum atomic E-state index is 12.1. The number of Topliss-reactive ketones (excluding diaryl/α,β-unsaturated/α-hetero) is 1. The minimum absolute atomic E-state index is 0.0500. The molecule has 2 atom stereocenters. The van der Waals surface area contributed by atoms with Gasteiger partial charge in [-0.1, -0.05) is 26.2 Å². The monoisotopic (exact) mass is 362 g/mol. The Bertz CT molecular complexity index is 335. The summed E-state index contributed by atoms with van der Waals surface area (Å²) in [4.78, 5) is 23.5. The van der Waals surface area contributed by atoms with Crippen LogP contribution in [0.5, 0.6) is 0 Å². The van der Waals surface area contributed by atoms with Crippen LogP contribution >= 0.6 is 11.8 Å². The van der Waals surface area contributed by atoms with Crippen molar-refractivity contribution >= 4 is 23.5 Å². The number of aliphatic hydroxyl groups excluding tert-OH is 1. The van der Waals surface area contributed by atoms with Crippen molar-refractivity contribution in [2.75, 3.05) is 18.8 Å². The van der Waals surface area contributed by atoms with Crippen molar-refractivity contribution in [3.05, 3.63) is 0 Å². The lowest BCUT2D eigenvalue weighted by atomic mass is 10.1. The third kappa shape index (κ3) is 13.8. The molecule has 0 radical (unpaired) electrons. The summed E-state index contributed by atoms with van der Waals surface area (Å²) in [6.07, 6.45) is 6.70. The number of carbonyl (C=O) groups is 2. The van der Waals surface area contributed by atoms with E-state index in [4.69, 9.17) is 14.6 Å². The quantitative estimate of drug-likeness (QED) is 0.256. The van der Waals surface area contributed by atoms with Gasteiger partial charge in [-0.05, 0) is 38.4 Å². The predicted octanol–water partition coefficient (Wildman–Crippen LogP) is 3.72. The Balaban J connectivity index is 4.17. The largest absolute Gasteiger partial charge is 0.462 e. The average molecular weight is 363 g/mol. The van der Waals surface area contributed by atoms with E-state index >= 15 is 0 Å². The Labute approximate surface area is 150 Å². The molecule has 24 heavy (non-hydrogen) atoms. The van der Waals surface area contributed by atoms with Crippen LogP contribution < -0.4 is 0 Å². The van der Waals surface area contributed by atoms with Crippen molar-refractivity contribution in [3.63, 3.8) is 0 Å². The number of ether oxygens (including phenoxy) is 2. The van der Waals surface area contributed by atoms with Gasteiger partial charge in [-0.2, -0.15) is 0 Å². The molecule has 0 aromatic heterocycles. The maximum absolute atomic E-state index is 12.1. The van der Waals surface area contributed by atoms with Gasteiger partial charge in [0.2, 0.25) is 0 Å². The van der Waals surface area contributed by atoms with Crippen LogP contribution in [-0.4, -0.2) is 47.9 Å². The second-order valence-corrected chi connectivity index (χ2v) is 7.18. The van der Waals surface area contributed by atoms with Crippen LogP contribution in [0.25, 0.3) is 0 Å². The van der Waals surface area contributed by atoms with Crippen LogP contribution in [0.1, 0.15) is 71.6 Å². The minimum atomic E-state index is -0.306. The summed E-state index contributed by atoms with van der Waals surface area (Å²) < 4.78 is 10.9. The minimum Gasteiger partial charge on any atom is -0.462 e. The predicted molar refractivity (Wildman–Crippen MR) is 98.1 cm³/mol. The molecule has 0 fully saturated rings. The molecule has 0 saturated carbocycles. The number of rotatable bonds is 16. The van der Waals surface area contributed by atoms with Crippen molar-refractivity contribution in [2.45, 2.75) is 83.8 Å². The van der Waals surface area contributed by atoms with Crippen molar-refractivity contribution < 1.29 is 24.2 Å². The van der Waals surface area contributed by atoms with Crippen molar-refractivity contribution in [1.82, 2.24) is 0 Å². The van der Waals surface area contributed by atoms with E-state index in [9.17, 15) is 9.59 Å². The number of hydrogen-bond donors (Lipinski definition) is 1. The lowest BCUT2D eigenvalue weighted by Gasteiger charge is -2.19. The van der Waals surface area contributed by atoms with E-state index < -0.39 is 0 Å². The third-order valence-electron chi connectivity index (χ3n) is 3.83. The molecule has 2 unspecified atom stereocenters. The number of esters is 1. The zero-order chi connectivity index (χ0) is 18.2. The second kappa shape index (κ2) is 15.9. The highest BCUT2D eigenvalue weighted by atomic mass is 32.2. The number of carbonyl (C=O) groups excluding carboxylic acids is 2. The molecule has 0 aromatic rings. The summed E-state index contributed by atoms with van der Waals surface area (Å²) in [5, 5.41) is 8.72. The fourth-order valence-corrected chi connectivity index (χ4v) is 3.05.